The molecule has 1 aliphatic rings. The predicted molar refractivity (Wildman–Crippen MR) is 151 cm³/mol. The van der Waals surface area contributed by atoms with Gasteiger partial charge in [0.2, 0.25) is 5.91 Å². The van der Waals surface area contributed by atoms with E-state index in [0.717, 1.165) is 11.3 Å². The van der Waals surface area contributed by atoms with Crippen LogP contribution in [0, 0.1) is 6.92 Å². The lowest BCUT2D eigenvalue weighted by molar-refractivity contribution is -0.120. The third-order valence-electron chi connectivity index (χ3n) is 5.84. The van der Waals surface area contributed by atoms with Crippen molar-refractivity contribution >= 4 is 41.2 Å². The number of likely N-dealkylation sites (N-methyl/N-ethyl adjacent to an activating group) is 1. The van der Waals surface area contributed by atoms with E-state index in [1.165, 1.54) is 4.90 Å². The molecule has 1 aliphatic heterocycles. The summed E-state index contributed by atoms with van der Waals surface area (Å²) in [4.78, 5) is 54.1. The van der Waals surface area contributed by atoms with E-state index in [4.69, 9.17) is 14.2 Å². The number of nitrogens with zero attached hydrogens (tertiary/aromatic N) is 1. The van der Waals surface area contributed by atoms with Crippen molar-refractivity contribution in [1.29, 1.82) is 0 Å². The minimum absolute atomic E-state index is 0.117. The molecule has 0 saturated carbocycles. The van der Waals surface area contributed by atoms with E-state index in [2.05, 4.69) is 15.6 Å². The molecule has 216 valence electrons. The standard InChI is InChI=1S/C29H38N4O7/c1-7-39-27(36)22-14-18(2)31-24(22)17-21-20-15-19(8-9-23(20)32-26(21)35)16-25(34)30-10-12-38-13-11-33(6)28(37)40-29(3,4)5/h8-9,14-15,17,31H,7,10-13,16H2,1-6H3,(H,30,34)(H,32,35)/b21-17-. The molecule has 3 N–H and O–H groups in total. The van der Waals surface area contributed by atoms with Crippen LogP contribution in [0.15, 0.2) is 24.3 Å². The quantitative estimate of drug-likeness (QED) is 0.219. The number of anilines is 1. The molecular weight excluding hydrogens is 516 g/mol. The molecule has 0 bridgehead atoms. The molecule has 0 unspecified atom stereocenters. The number of carbonyl (C=O) groups is 4. The smallest absolute Gasteiger partial charge is 0.410 e. The molecule has 1 aromatic heterocycles. The van der Waals surface area contributed by atoms with Crippen molar-refractivity contribution in [3.8, 4) is 0 Å². The number of fused-ring (bicyclic) bond motifs is 1. The minimum atomic E-state index is -0.561. The maximum atomic E-state index is 12.7. The topological polar surface area (TPSA) is 139 Å². The summed E-state index contributed by atoms with van der Waals surface area (Å²) in [5.74, 6) is -0.961. The van der Waals surface area contributed by atoms with E-state index >= 15 is 0 Å². The highest BCUT2D eigenvalue weighted by molar-refractivity contribution is 6.35. The van der Waals surface area contributed by atoms with Crippen molar-refractivity contribution in [2.75, 3.05) is 45.3 Å². The summed E-state index contributed by atoms with van der Waals surface area (Å²) in [6.07, 6.45) is 1.32. The first-order valence-corrected chi connectivity index (χ1v) is 13.2. The molecule has 11 heteroatoms. The largest absolute Gasteiger partial charge is 0.462 e. The van der Waals surface area contributed by atoms with Crippen molar-refractivity contribution in [2.24, 2.45) is 0 Å². The number of aryl methyl sites for hydroxylation is 1. The zero-order chi connectivity index (χ0) is 29.4. The maximum Gasteiger partial charge on any atom is 0.410 e. The van der Waals surface area contributed by atoms with Crippen molar-refractivity contribution in [3.63, 3.8) is 0 Å². The second kappa shape index (κ2) is 13.3. The lowest BCUT2D eigenvalue weighted by atomic mass is 10.0. The van der Waals surface area contributed by atoms with Gasteiger partial charge in [-0.25, -0.2) is 9.59 Å². The molecule has 0 radical (unpaired) electrons. The molecule has 0 fully saturated rings. The van der Waals surface area contributed by atoms with Gasteiger partial charge < -0.3 is 34.7 Å². The van der Waals surface area contributed by atoms with Crippen LogP contribution in [0.1, 0.15) is 60.6 Å². The number of amides is 3. The molecule has 3 rings (SSSR count). The second-order valence-corrected chi connectivity index (χ2v) is 10.4. The van der Waals surface area contributed by atoms with Gasteiger partial charge in [0.1, 0.15) is 5.60 Å². The van der Waals surface area contributed by atoms with E-state index in [1.54, 1.807) is 65.1 Å². The number of aromatic amines is 1. The Morgan fingerprint density at radius 3 is 2.58 bits per heavy atom. The zero-order valence-electron chi connectivity index (χ0n) is 23.9. The van der Waals surface area contributed by atoms with Crippen LogP contribution >= 0.6 is 0 Å². The summed E-state index contributed by atoms with van der Waals surface area (Å²) in [5.41, 5.74) is 3.42. The van der Waals surface area contributed by atoms with Gasteiger partial charge in [-0.2, -0.15) is 0 Å². The molecule has 2 aromatic rings. The van der Waals surface area contributed by atoms with E-state index in [-0.39, 0.29) is 24.8 Å². The first-order chi connectivity index (χ1) is 18.9. The highest BCUT2D eigenvalue weighted by Gasteiger charge is 2.26. The number of hydrogen-bond acceptors (Lipinski definition) is 7. The minimum Gasteiger partial charge on any atom is -0.462 e. The Kier molecular flexibility index (Phi) is 10.1. The average molecular weight is 555 g/mol. The normalized spacial score (nSPS) is 13.6. The molecule has 40 heavy (non-hydrogen) atoms. The van der Waals surface area contributed by atoms with Gasteiger partial charge in [0.05, 0.1) is 43.1 Å². The highest BCUT2D eigenvalue weighted by atomic mass is 16.6. The van der Waals surface area contributed by atoms with Crippen molar-refractivity contribution in [3.05, 3.63) is 52.3 Å². The first-order valence-electron chi connectivity index (χ1n) is 13.2. The SMILES string of the molecule is CCOC(=O)c1cc(C)[nH]c1/C=C1\C(=O)Nc2ccc(CC(=O)NCCOCCN(C)C(=O)OC(C)(C)C)cc21. The molecule has 0 saturated heterocycles. The van der Waals surface area contributed by atoms with Crippen LogP contribution in [0.5, 0.6) is 0 Å². The van der Waals surface area contributed by atoms with Crippen LogP contribution in [-0.4, -0.2) is 79.3 Å². The third-order valence-corrected chi connectivity index (χ3v) is 5.84. The van der Waals surface area contributed by atoms with Crippen LogP contribution < -0.4 is 10.6 Å². The Labute approximate surface area is 234 Å². The summed E-state index contributed by atoms with van der Waals surface area (Å²) in [6, 6.07) is 7.02. The molecular formula is C29H38N4O7. The molecule has 1 aromatic carbocycles. The Hall–Kier alpha value is -4.12. The Morgan fingerprint density at radius 1 is 1.12 bits per heavy atom. The average Bonchev–Trinajstić information content (AvgIpc) is 3.39. The molecule has 3 amide bonds. The molecule has 2 heterocycles. The van der Waals surface area contributed by atoms with Gasteiger partial charge in [-0.05, 0) is 64.5 Å². The van der Waals surface area contributed by atoms with Crippen molar-refractivity contribution < 1.29 is 33.4 Å². The Balaban J connectivity index is 1.53. The summed E-state index contributed by atoms with van der Waals surface area (Å²) >= 11 is 0. The van der Waals surface area contributed by atoms with Gasteiger partial charge >= 0.3 is 12.1 Å². The number of carbonyl (C=O) groups excluding carboxylic acids is 4. The number of nitrogens with one attached hydrogen (secondary N) is 3. The monoisotopic (exact) mass is 554 g/mol. The van der Waals surface area contributed by atoms with E-state index in [9.17, 15) is 19.2 Å². The lowest BCUT2D eigenvalue weighted by Crippen LogP contribution is -2.36. The van der Waals surface area contributed by atoms with Gasteiger partial charge in [0, 0.05) is 37.1 Å². The molecule has 11 nitrogen and oxygen atoms in total. The van der Waals surface area contributed by atoms with Crippen LogP contribution in [-0.2, 0) is 30.2 Å². The number of ether oxygens (including phenoxy) is 3. The number of hydrogen-bond donors (Lipinski definition) is 3. The fraction of sp³-hybridized carbons (Fsp3) is 0.448. The first kappa shape index (κ1) is 30.4. The maximum absolute atomic E-state index is 12.7. The van der Waals surface area contributed by atoms with Crippen molar-refractivity contribution in [2.45, 2.75) is 46.6 Å². The highest BCUT2D eigenvalue weighted by Crippen LogP contribution is 2.34. The number of esters is 1. The summed E-state index contributed by atoms with van der Waals surface area (Å²) in [6.45, 7) is 10.5. The Bertz CT molecular complexity index is 1290. The van der Waals surface area contributed by atoms with Crippen LogP contribution in [0.4, 0.5) is 10.5 Å². The number of H-pyrrole nitrogens is 1. The fourth-order valence-corrected chi connectivity index (χ4v) is 3.98. The number of rotatable bonds is 11. The second-order valence-electron chi connectivity index (χ2n) is 10.4. The van der Waals surface area contributed by atoms with Gasteiger partial charge in [-0.3, -0.25) is 9.59 Å². The van der Waals surface area contributed by atoms with Crippen LogP contribution in [0.2, 0.25) is 0 Å². The summed E-state index contributed by atoms with van der Waals surface area (Å²) in [5, 5.41) is 5.63. The fourth-order valence-electron chi connectivity index (χ4n) is 3.98. The summed E-state index contributed by atoms with van der Waals surface area (Å²) < 4.78 is 15.9. The molecule has 0 spiro atoms. The van der Waals surface area contributed by atoms with E-state index < -0.39 is 17.7 Å². The predicted octanol–water partition coefficient (Wildman–Crippen LogP) is 3.53. The van der Waals surface area contributed by atoms with Crippen LogP contribution in [0.25, 0.3) is 11.6 Å². The lowest BCUT2D eigenvalue weighted by Gasteiger charge is -2.24. The van der Waals surface area contributed by atoms with Gasteiger partial charge in [-0.15, -0.1) is 0 Å². The van der Waals surface area contributed by atoms with Crippen LogP contribution in [0.3, 0.4) is 0 Å². The molecule has 0 aliphatic carbocycles. The molecule has 0 atom stereocenters. The number of benzene rings is 1. The van der Waals surface area contributed by atoms with Gasteiger partial charge in [0.15, 0.2) is 0 Å². The zero-order valence-corrected chi connectivity index (χ0v) is 23.9. The summed E-state index contributed by atoms with van der Waals surface area (Å²) in [7, 11) is 1.64. The van der Waals surface area contributed by atoms with Crippen molar-refractivity contribution in [1.82, 2.24) is 15.2 Å². The third kappa shape index (κ3) is 8.44. The van der Waals surface area contributed by atoms with E-state index in [1.807, 2.05) is 6.92 Å². The van der Waals surface area contributed by atoms with Gasteiger partial charge in [0.25, 0.3) is 5.91 Å². The van der Waals surface area contributed by atoms with Gasteiger partial charge in [-0.1, -0.05) is 6.07 Å². The van der Waals surface area contributed by atoms with E-state index in [0.29, 0.717) is 54.4 Å². The Morgan fingerprint density at radius 2 is 1.88 bits per heavy atom. The number of aromatic nitrogens is 1.